The highest BCUT2D eigenvalue weighted by molar-refractivity contribution is 5.85. The van der Waals surface area contributed by atoms with E-state index in [4.69, 9.17) is 5.73 Å². The van der Waals surface area contributed by atoms with E-state index in [1.165, 1.54) is 11.3 Å². The van der Waals surface area contributed by atoms with Crippen LogP contribution in [0, 0.1) is 6.92 Å². The standard InChI is InChI=1S/C15H22N4O2/c1-12-3-2-4-13(9-12)18-5-7-19(8-6-18)15(21)11-17-14(20)10-16/h2-4,9H,5-8,10-11,16H2,1H3,(H,17,20). The Kier molecular flexibility index (Phi) is 5.16. The molecule has 6 nitrogen and oxygen atoms in total. The zero-order valence-electron chi connectivity index (χ0n) is 12.3. The Balaban J connectivity index is 1.83. The maximum absolute atomic E-state index is 12.0. The van der Waals surface area contributed by atoms with Crippen molar-refractivity contribution in [1.82, 2.24) is 10.2 Å². The van der Waals surface area contributed by atoms with Crippen LogP contribution >= 0.6 is 0 Å². The van der Waals surface area contributed by atoms with Crippen molar-refractivity contribution < 1.29 is 9.59 Å². The maximum Gasteiger partial charge on any atom is 0.242 e. The molecular weight excluding hydrogens is 268 g/mol. The minimum atomic E-state index is -0.304. The number of piperazine rings is 1. The van der Waals surface area contributed by atoms with Crippen molar-refractivity contribution in [3.8, 4) is 0 Å². The van der Waals surface area contributed by atoms with Gasteiger partial charge in [-0.25, -0.2) is 0 Å². The minimum absolute atomic E-state index is 0.0283. The minimum Gasteiger partial charge on any atom is -0.368 e. The molecule has 114 valence electrons. The first-order valence-corrected chi connectivity index (χ1v) is 7.16. The van der Waals surface area contributed by atoms with Crippen LogP contribution < -0.4 is 16.0 Å². The van der Waals surface area contributed by atoms with E-state index in [-0.39, 0.29) is 24.9 Å². The Bertz CT molecular complexity index is 510. The lowest BCUT2D eigenvalue weighted by Gasteiger charge is -2.36. The van der Waals surface area contributed by atoms with Crippen LogP contribution in [0.1, 0.15) is 5.56 Å². The molecule has 1 fully saturated rings. The van der Waals surface area contributed by atoms with Gasteiger partial charge in [0.2, 0.25) is 11.8 Å². The molecule has 0 spiro atoms. The van der Waals surface area contributed by atoms with Crippen molar-refractivity contribution in [1.29, 1.82) is 0 Å². The first-order valence-electron chi connectivity index (χ1n) is 7.16. The number of aryl methyl sites for hydroxylation is 1. The second-order valence-corrected chi connectivity index (χ2v) is 5.19. The first kappa shape index (κ1) is 15.3. The number of nitrogens with one attached hydrogen (secondary N) is 1. The van der Waals surface area contributed by atoms with E-state index in [9.17, 15) is 9.59 Å². The van der Waals surface area contributed by atoms with Crippen molar-refractivity contribution in [3.05, 3.63) is 29.8 Å². The molecule has 1 saturated heterocycles. The van der Waals surface area contributed by atoms with Crippen LogP contribution in [0.2, 0.25) is 0 Å². The monoisotopic (exact) mass is 290 g/mol. The Morgan fingerprint density at radius 1 is 1.24 bits per heavy atom. The third kappa shape index (κ3) is 4.19. The fourth-order valence-electron chi connectivity index (χ4n) is 2.40. The number of amides is 2. The van der Waals surface area contributed by atoms with Gasteiger partial charge in [-0.3, -0.25) is 9.59 Å². The van der Waals surface area contributed by atoms with Gasteiger partial charge in [-0.2, -0.15) is 0 Å². The van der Waals surface area contributed by atoms with E-state index in [2.05, 4.69) is 35.3 Å². The average Bonchev–Trinajstić information content (AvgIpc) is 2.52. The summed E-state index contributed by atoms with van der Waals surface area (Å²) in [5.74, 6) is -0.359. The van der Waals surface area contributed by atoms with Gasteiger partial charge >= 0.3 is 0 Å². The topological polar surface area (TPSA) is 78.7 Å². The predicted molar refractivity (Wildman–Crippen MR) is 82.0 cm³/mol. The second-order valence-electron chi connectivity index (χ2n) is 5.19. The highest BCUT2D eigenvalue weighted by Gasteiger charge is 2.21. The SMILES string of the molecule is Cc1cccc(N2CCN(C(=O)CNC(=O)CN)CC2)c1. The molecule has 0 aromatic heterocycles. The van der Waals surface area contributed by atoms with Gasteiger partial charge in [-0.15, -0.1) is 0 Å². The summed E-state index contributed by atoms with van der Waals surface area (Å²) >= 11 is 0. The predicted octanol–water partition coefficient (Wildman–Crippen LogP) is -0.281. The number of carbonyl (C=O) groups excluding carboxylic acids is 2. The van der Waals surface area contributed by atoms with Crippen LogP contribution in [-0.2, 0) is 9.59 Å². The number of nitrogens with zero attached hydrogens (tertiary/aromatic N) is 2. The molecule has 0 radical (unpaired) electrons. The zero-order valence-corrected chi connectivity index (χ0v) is 12.3. The van der Waals surface area contributed by atoms with Crippen molar-refractivity contribution in [2.45, 2.75) is 6.92 Å². The number of rotatable bonds is 4. The van der Waals surface area contributed by atoms with Gasteiger partial charge in [-0.1, -0.05) is 12.1 Å². The molecule has 0 bridgehead atoms. The largest absolute Gasteiger partial charge is 0.368 e. The quantitative estimate of drug-likeness (QED) is 0.799. The summed E-state index contributed by atoms with van der Waals surface area (Å²) < 4.78 is 0. The lowest BCUT2D eigenvalue weighted by atomic mass is 10.2. The van der Waals surface area contributed by atoms with E-state index in [0.717, 1.165) is 13.1 Å². The highest BCUT2D eigenvalue weighted by atomic mass is 16.2. The number of hydrogen-bond acceptors (Lipinski definition) is 4. The van der Waals surface area contributed by atoms with E-state index >= 15 is 0 Å². The van der Waals surface area contributed by atoms with Crippen LogP contribution in [0.15, 0.2) is 24.3 Å². The average molecular weight is 290 g/mol. The fraction of sp³-hybridized carbons (Fsp3) is 0.467. The van der Waals surface area contributed by atoms with Gasteiger partial charge in [0, 0.05) is 31.9 Å². The zero-order chi connectivity index (χ0) is 15.2. The summed E-state index contributed by atoms with van der Waals surface area (Å²) in [6.07, 6.45) is 0. The molecule has 1 aromatic rings. The van der Waals surface area contributed by atoms with Crippen LogP contribution in [0.5, 0.6) is 0 Å². The Hall–Kier alpha value is -2.08. The summed E-state index contributed by atoms with van der Waals surface area (Å²) in [6.45, 7) is 4.97. The van der Waals surface area contributed by atoms with Gasteiger partial charge in [-0.05, 0) is 24.6 Å². The Labute approximate surface area is 124 Å². The fourth-order valence-corrected chi connectivity index (χ4v) is 2.40. The summed E-state index contributed by atoms with van der Waals surface area (Å²) in [7, 11) is 0. The molecule has 1 aliphatic rings. The number of anilines is 1. The molecule has 6 heteroatoms. The number of carbonyl (C=O) groups is 2. The van der Waals surface area contributed by atoms with E-state index in [1.807, 2.05) is 6.07 Å². The van der Waals surface area contributed by atoms with Crippen LogP contribution in [0.25, 0.3) is 0 Å². The maximum atomic E-state index is 12.0. The number of nitrogens with two attached hydrogens (primary N) is 1. The first-order chi connectivity index (χ1) is 10.1. The molecular formula is C15H22N4O2. The lowest BCUT2D eigenvalue weighted by Crippen LogP contribution is -2.51. The van der Waals surface area contributed by atoms with E-state index < -0.39 is 0 Å². The van der Waals surface area contributed by atoms with Crippen LogP contribution in [0.3, 0.4) is 0 Å². The Morgan fingerprint density at radius 2 is 1.95 bits per heavy atom. The molecule has 1 aromatic carbocycles. The molecule has 2 amide bonds. The van der Waals surface area contributed by atoms with Gasteiger partial charge in [0.25, 0.3) is 0 Å². The van der Waals surface area contributed by atoms with Gasteiger partial charge in [0.05, 0.1) is 13.1 Å². The molecule has 2 rings (SSSR count). The summed E-state index contributed by atoms with van der Waals surface area (Å²) in [4.78, 5) is 27.1. The van der Waals surface area contributed by atoms with Crippen molar-refractivity contribution in [2.24, 2.45) is 5.73 Å². The molecule has 1 heterocycles. The summed E-state index contributed by atoms with van der Waals surface area (Å²) in [5, 5.41) is 2.51. The molecule has 3 N–H and O–H groups in total. The molecule has 0 saturated carbocycles. The number of hydrogen-bond donors (Lipinski definition) is 2. The Morgan fingerprint density at radius 3 is 2.57 bits per heavy atom. The smallest absolute Gasteiger partial charge is 0.242 e. The van der Waals surface area contributed by atoms with E-state index in [1.54, 1.807) is 4.90 Å². The van der Waals surface area contributed by atoms with Crippen LogP contribution in [0.4, 0.5) is 5.69 Å². The molecule has 0 atom stereocenters. The summed E-state index contributed by atoms with van der Waals surface area (Å²) in [6, 6.07) is 8.36. The normalized spacial score (nSPS) is 15.0. The summed E-state index contributed by atoms with van der Waals surface area (Å²) in [5.41, 5.74) is 7.61. The third-order valence-electron chi connectivity index (χ3n) is 3.62. The van der Waals surface area contributed by atoms with Gasteiger partial charge in [0.15, 0.2) is 0 Å². The molecule has 0 unspecified atom stereocenters. The number of benzene rings is 1. The molecule has 0 aliphatic carbocycles. The highest BCUT2D eigenvalue weighted by Crippen LogP contribution is 2.17. The second kappa shape index (κ2) is 7.08. The molecule has 1 aliphatic heterocycles. The van der Waals surface area contributed by atoms with Gasteiger partial charge in [0.1, 0.15) is 0 Å². The van der Waals surface area contributed by atoms with Crippen molar-refractivity contribution in [3.63, 3.8) is 0 Å². The molecule has 21 heavy (non-hydrogen) atoms. The van der Waals surface area contributed by atoms with E-state index in [0.29, 0.717) is 13.1 Å². The van der Waals surface area contributed by atoms with Gasteiger partial charge < -0.3 is 20.9 Å². The third-order valence-corrected chi connectivity index (χ3v) is 3.62. The lowest BCUT2D eigenvalue weighted by molar-refractivity contribution is -0.132. The van der Waals surface area contributed by atoms with Crippen LogP contribution in [-0.4, -0.2) is 56.0 Å². The van der Waals surface area contributed by atoms with Crippen molar-refractivity contribution in [2.75, 3.05) is 44.2 Å². The van der Waals surface area contributed by atoms with Crippen molar-refractivity contribution >= 4 is 17.5 Å².